The van der Waals surface area contributed by atoms with Gasteiger partial charge in [-0.3, -0.25) is 4.79 Å². The number of furan rings is 1. The van der Waals surface area contributed by atoms with Gasteiger partial charge in [0, 0.05) is 44.3 Å². The van der Waals surface area contributed by atoms with Crippen LogP contribution in [0.1, 0.15) is 23.1 Å². The van der Waals surface area contributed by atoms with Crippen molar-refractivity contribution in [2.45, 2.75) is 17.5 Å². The smallest absolute Gasteiger partial charge is 0.224 e. The maximum Gasteiger partial charge on any atom is 0.224 e. The highest BCUT2D eigenvalue weighted by Gasteiger charge is 2.29. The Labute approximate surface area is 157 Å². The molecule has 1 fully saturated rings. The van der Waals surface area contributed by atoms with E-state index in [2.05, 4.69) is 29.2 Å². The molecule has 134 valence electrons. The van der Waals surface area contributed by atoms with Gasteiger partial charge in [-0.05, 0) is 29.8 Å². The van der Waals surface area contributed by atoms with Gasteiger partial charge in [-0.2, -0.15) is 11.8 Å². The normalized spacial score (nSPS) is 17.8. The molecule has 0 aliphatic carbocycles. The topological polar surface area (TPSA) is 36.7 Å². The molecule has 6 heteroatoms. The number of nitrogens with zero attached hydrogens (tertiary/aromatic N) is 2. The van der Waals surface area contributed by atoms with Crippen molar-refractivity contribution in [3.05, 3.63) is 54.0 Å². The van der Waals surface area contributed by atoms with Crippen LogP contribution in [0.5, 0.6) is 0 Å². The van der Waals surface area contributed by atoms with E-state index in [9.17, 15) is 4.79 Å². The van der Waals surface area contributed by atoms with Crippen molar-refractivity contribution in [1.29, 1.82) is 0 Å². The zero-order chi connectivity index (χ0) is 17.6. The molecule has 0 saturated carbocycles. The van der Waals surface area contributed by atoms with Crippen molar-refractivity contribution in [3.8, 4) is 0 Å². The van der Waals surface area contributed by atoms with Gasteiger partial charge in [0.05, 0.1) is 12.0 Å². The van der Waals surface area contributed by atoms with Crippen molar-refractivity contribution in [2.24, 2.45) is 0 Å². The van der Waals surface area contributed by atoms with Crippen molar-refractivity contribution in [3.63, 3.8) is 0 Å². The average Bonchev–Trinajstić information content (AvgIpc) is 3.13. The molecular weight excluding hydrogens is 352 g/mol. The van der Waals surface area contributed by atoms with Crippen molar-refractivity contribution in [2.75, 3.05) is 37.0 Å². The Morgan fingerprint density at radius 2 is 2.08 bits per heavy atom. The molecule has 0 radical (unpaired) electrons. The molecule has 1 aliphatic heterocycles. The number of carbonyl (C=O) groups is 1. The van der Waals surface area contributed by atoms with Crippen molar-refractivity contribution < 1.29 is 9.21 Å². The van der Waals surface area contributed by atoms with Crippen LogP contribution >= 0.6 is 23.5 Å². The fourth-order valence-corrected chi connectivity index (χ4v) is 4.91. The Kier molecular flexibility index (Phi) is 6.37. The van der Waals surface area contributed by atoms with E-state index in [1.165, 1.54) is 11.3 Å². The molecule has 0 N–H and O–H groups in total. The predicted octanol–water partition coefficient (Wildman–Crippen LogP) is 4.24. The lowest BCUT2D eigenvalue weighted by molar-refractivity contribution is -0.131. The van der Waals surface area contributed by atoms with Gasteiger partial charge in [-0.15, -0.1) is 11.8 Å². The first-order valence-corrected chi connectivity index (χ1v) is 10.6. The molecule has 1 unspecified atom stereocenters. The molecule has 2 aromatic rings. The predicted molar refractivity (Wildman–Crippen MR) is 107 cm³/mol. The number of thioether (sulfide) groups is 2. The minimum atomic E-state index is 0.127. The SMILES string of the molecule is CN(C)c1ccc(C2SCCC(=O)N2CCSCc2ccco2)cc1. The molecule has 1 aromatic carbocycles. The van der Waals surface area contributed by atoms with Crippen LogP contribution in [-0.2, 0) is 10.5 Å². The van der Waals surface area contributed by atoms with Crippen molar-refractivity contribution >= 4 is 35.1 Å². The maximum atomic E-state index is 12.5. The lowest BCUT2D eigenvalue weighted by Gasteiger charge is -2.35. The fraction of sp³-hybridized carbons (Fsp3) is 0.421. The van der Waals surface area contributed by atoms with E-state index < -0.39 is 0 Å². The molecule has 3 rings (SSSR count). The summed E-state index contributed by atoms with van der Waals surface area (Å²) in [5.74, 6) is 3.91. The van der Waals surface area contributed by atoms with Crippen LogP contribution < -0.4 is 4.90 Å². The summed E-state index contributed by atoms with van der Waals surface area (Å²) in [7, 11) is 4.08. The van der Waals surface area contributed by atoms with Gasteiger partial charge in [-0.1, -0.05) is 12.1 Å². The number of carbonyl (C=O) groups excluding carboxylic acids is 1. The van der Waals surface area contributed by atoms with E-state index in [4.69, 9.17) is 4.42 Å². The average molecular weight is 377 g/mol. The summed E-state index contributed by atoms with van der Waals surface area (Å²) in [6.45, 7) is 0.775. The number of hydrogen-bond acceptors (Lipinski definition) is 5. The second-order valence-corrected chi connectivity index (χ2v) is 8.47. The maximum absolute atomic E-state index is 12.5. The zero-order valence-electron chi connectivity index (χ0n) is 14.7. The molecule has 4 nitrogen and oxygen atoms in total. The number of amides is 1. The standard InChI is InChI=1S/C19H24N2O2S2/c1-20(2)16-7-5-15(6-8-16)19-21(18(22)9-12-25-19)10-13-24-14-17-4-3-11-23-17/h3-8,11,19H,9-10,12-14H2,1-2H3. The molecule has 1 aliphatic rings. The molecule has 0 bridgehead atoms. The van der Waals surface area contributed by atoms with Gasteiger partial charge in [0.1, 0.15) is 11.1 Å². The summed E-state index contributed by atoms with van der Waals surface area (Å²) in [5.41, 5.74) is 2.39. The van der Waals surface area contributed by atoms with E-state index in [1.54, 1.807) is 18.0 Å². The molecule has 25 heavy (non-hydrogen) atoms. The molecule has 1 atom stereocenters. The summed E-state index contributed by atoms with van der Waals surface area (Å²) in [5, 5.41) is 0.127. The van der Waals surface area contributed by atoms with Crippen LogP contribution in [0.2, 0.25) is 0 Å². The Morgan fingerprint density at radius 3 is 2.76 bits per heavy atom. The third kappa shape index (κ3) is 4.76. The van der Waals surface area contributed by atoms with Gasteiger partial charge in [-0.25, -0.2) is 0 Å². The van der Waals surface area contributed by atoms with Crippen LogP contribution in [0.3, 0.4) is 0 Å². The quantitative estimate of drug-likeness (QED) is 0.676. The van der Waals surface area contributed by atoms with E-state index in [-0.39, 0.29) is 11.3 Å². The van der Waals surface area contributed by atoms with Gasteiger partial charge < -0.3 is 14.2 Å². The third-order valence-corrected chi connectivity index (χ3v) is 6.43. The zero-order valence-corrected chi connectivity index (χ0v) is 16.3. The van der Waals surface area contributed by atoms with E-state index in [0.717, 1.165) is 29.6 Å². The van der Waals surface area contributed by atoms with E-state index in [1.807, 2.05) is 42.9 Å². The number of hydrogen-bond donors (Lipinski definition) is 0. The summed E-state index contributed by atoms with van der Waals surface area (Å²) < 4.78 is 5.36. The molecule has 1 saturated heterocycles. The first kappa shape index (κ1) is 18.3. The molecule has 1 aromatic heterocycles. The highest BCUT2D eigenvalue weighted by molar-refractivity contribution is 7.99. The molecular formula is C19H24N2O2S2. The Balaban J connectivity index is 1.61. The number of anilines is 1. The van der Waals surface area contributed by atoms with Gasteiger partial charge in [0.2, 0.25) is 5.91 Å². The summed E-state index contributed by atoms with van der Waals surface area (Å²) in [6.07, 6.45) is 2.34. The van der Waals surface area contributed by atoms with Gasteiger partial charge in [0.15, 0.2) is 0 Å². The summed E-state index contributed by atoms with van der Waals surface area (Å²) in [4.78, 5) is 16.6. The van der Waals surface area contributed by atoms with E-state index in [0.29, 0.717) is 6.42 Å². The van der Waals surface area contributed by atoms with Crippen LogP contribution in [0.15, 0.2) is 47.1 Å². The second kappa shape index (κ2) is 8.72. The van der Waals surface area contributed by atoms with Crippen LogP contribution in [0, 0.1) is 0 Å². The first-order chi connectivity index (χ1) is 12.1. The summed E-state index contributed by atoms with van der Waals surface area (Å²) in [6, 6.07) is 12.4. The fourth-order valence-electron chi connectivity index (χ4n) is 2.81. The largest absolute Gasteiger partial charge is 0.468 e. The summed E-state index contributed by atoms with van der Waals surface area (Å²) >= 11 is 3.67. The third-order valence-electron chi connectivity index (χ3n) is 4.19. The lowest BCUT2D eigenvalue weighted by Crippen LogP contribution is -2.38. The molecule has 0 spiro atoms. The van der Waals surface area contributed by atoms with E-state index >= 15 is 0 Å². The lowest BCUT2D eigenvalue weighted by atomic mass is 10.1. The monoisotopic (exact) mass is 376 g/mol. The Hall–Kier alpha value is -1.53. The molecule has 1 amide bonds. The highest BCUT2D eigenvalue weighted by Crippen LogP contribution is 2.37. The molecule has 2 heterocycles. The number of rotatable bonds is 7. The Morgan fingerprint density at radius 1 is 1.28 bits per heavy atom. The highest BCUT2D eigenvalue weighted by atomic mass is 32.2. The minimum absolute atomic E-state index is 0.127. The van der Waals surface area contributed by atoms with Crippen LogP contribution in [0.25, 0.3) is 0 Å². The number of benzene rings is 1. The Bertz CT molecular complexity index is 671. The first-order valence-electron chi connectivity index (χ1n) is 8.43. The van der Waals surface area contributed by atoms with Crippen molar-refractivity contribution in [1.82, 2.24) is 4.90 Å². The minimum Gasteiger partial charge on any atom is -0.468 e. The van der Waals surface area contributed by atoms with Gasteiger partial charge >= 0.3 is 0 Å². The second-order valence-electron chi connectivity index (χ2n) is 6.18. The van der Waals surface area contributed by atoms with Crippen LogP contribution in [-0.4, -0.2) is 43.0 Å². The van der Waals surface area contributed by atoms with Gasteiger partial charge in [0.25, 0.3) is 0 Å². The van der Waals surface area contributed by atoms with Crippen LogP contribution in [0.4, 0.5) is 5.69 Å².